The Hall–Kier alpha value is -1.02. The number of aromatic amines is 1. The Morgan fingerprint density at radius 1 is 1.29 bits per heavy atom. The summed E-state index contributed by atoms with van der Waals surface area (Å²) in [5, 5.41) is 0.685. The number of hydrogen-bond donors (Lipinski definition) is 2. The number of nitrogens with zero attached hydrogens (tertiary/aromatic N) is 2. The lowest BCUT2D eigenvalue weighted by molar-refractivity contribution is 0.903. The van der Waals surface area contributed by atoms with Gasteiger partial charge < -0.3 is 10.7 Å². The van der Waals surface area contributed by atoms with Crippen LogP contribution in [0.5, 0.6) is 0 Å². The molecule has 1 heterocycles. The molecule has 1 aromatic carbocycles. The number of aromatic nitrogens is 2. The molecule has 0 unspecified atom stereocenters. The quantitative estimate of drug-likeness (QED) is 0.318. The first kappa shape index (κ1) is 16.4. The second-order valence-electron chi connectivity index (χ2n) is 4.63. The van der Waals surface area contributed by atoms with Gasteiger partial charge in [0.1, 0.15) is 0 Å². The van der Waals surface area contributed by atoms with Crippen molar-refractivity contribution in [3.63, 3.8) is 0 Å². The molecule has 0 fully saturated rings. The van der Waals surface area contributed by atoms with Gasteiger partial charge in [-0.1, -0.05) is 23.9 Å². The minimum Gasteiger partial charge on any atom is -0.379 e. The number of nitrogens with one attached hydrogen (secondary N) is 1. The van der Waals surface area contributed by atoms with Gasteiger partial charge in [-0.05, 0) is 59.5 Å². The monoisotopic (exact) mass is 412 g/mol. The Morgan fingerprint density at radius 3 is 2.81 bits per heavy atom. The summed E-state index contributed by atoms with van der Waals surface area (Å²) in [4.78, 5) is 11.5. The van der Waals surface area contributed by atoms with Crippen molar-refractivity contribution in [3.05, 3.63) is 51.6 Å². The van der Waals surface area contributed by atoms with Gasteiger partial charge in [0.15, 0.2) is 5.17 Å². The summed E-state index contributed by atoms with van der Waals surface area (Å²) in [6.07, 6.45) is 6.58. The summed E-state index contributed by atoms with van der Waals surface area (Å²) in [6.45, 7) is 0.750. The van der Waals surface area contributed by atoms with Crippen LogP contribution >= 0.6 is 34.4 Å². The summed E-state index contributed by atoms with van der Waals surface area (Å²) in [5.41, 5.74) is 8.39. The van der Waals surface area contributed by atoms with Crippen molar-refractivity contribution >= 4 is 39.5 Å². The highest BCUT2D eigenvalue weighted by Gasteiger charge is 1.98. The minimum absolute atomic E-state index is 0.685. The van der Waals surface area contributed by atoms with Gasteiger partial charge in [-0.3, -0.25) is 4.99 Å². The lowest BCUT2D eigenvalue weighted by Gasteiger charge is -2.02. The van der Waals surface area contributed by atoms with Gasteiger partial charge in [0.2, 0.25) is 0 Å². The van der Waals surface area contributed by atoms with Crippen molar-refractivity contribution in [2.24, 2.45) is 10.7 Å². The first-order chi connectivity index (χ1) is 10.2. The van der Waals surface area contributed by atoms with Gasteiger partial charge in [-0.2, -0.15) is 0 Å². The molecule has 0 saturated carbocycles. The SMILES string of the molecule is NC(=NCCc1ccc([125I])cc1)SCCCc1cnc[nH]1. The standard InChI is InChI=1S/C15H19IN4S/c16-13-5-3-12(4-6-13)7-8-19-15(17)21-9-1-2-14-10-18-11-20-14/h3-6,10-11H,1-2,7-9H2,(H2,17,19)(H,18,20)/i16-2. The number of nitrogens with two attached hydrogens (primary N) is 1. The molecule has 0 aliphatic carbocycles. The van der Waals surface area contributed by atoms with Crippen LogP contribution in [0.25, 0.3) is 0 Å². The molecule has 0 radical (unpaired) electrons. The highest BCUT2D eigenvalue weighted by Crippen LogP contribution is 2.09. The third kappa shape index (κ3) is 6.52. The fraction of sp³-hybridized carbons (Fsp3) is 0.333. The van der Waals surface area contributed by atoms with E-state index in [1.807, 2.05) is 6.20 Å². The number of benzene rings is 1. The van der Waals surface area contributed by atoms with Crippen LogP contribution in [-0.4, -0.2) is 27.4 Å². The Labute approximate surface area is 143 Å². The molecule has 4 nitrogen and oxygen atoms in total. The summed E-state index contributed by atoms with van der Waals surface area (Å²) in [5.74, 6) is 0.984. The molecule has 21 heavy (non-hydrogen) atoms. The molecule has 1 aromatic heterocycles. The van der Waals surface area contributed by atoms with E-state index in [1.54, 1.807) is 18.1 Å². The average molecular weight is 412 g/mol. The molecule has 2 aromatic rings. The molecular weight excluding hydrogens is 393 g/mol. The van der Waals surface area contributed by atoms with Crippen molar-refractivity contribution in [1.82, 2.24) is 9.97 Å². The molecule has 112 valence electrons. The lowest BCUT2D eigenvalue weighted by atomic mass is 10.2. The molecule has 3 N–H and O–H groups in total. The van der Waals surface area contributed by atoms with Gasteiger partial charge in [0.25, 0.3) is 0 Å². The van der Waals surface area contributed by atoms with Crippen LogP contribution in [0, 0.1) is 3.57 Å². The first-order valence-corrected chi connectivity index (χ1v) is 8.95. The van der Waals surface area contributed by atoms with E-state index in [-0.39, 0.29) is 0 Å². The van der Waals surface area contributed by atoms with E-state index in [4.69, 9.17) is 5.73 Å². The number of aryl methyl sites for hydroxylation is 1. The van der Waals surface area contributed by atoms with Crippen LogP contribution < -0.4 is 5.73 Å². The second-order valence-corrected chi connectivity index (χ2v) is 6.99. The zero-order valence-electron chi connectivity index (χ0n) is 11.8. The Morgan fingerprint density at radius 2 is 2.10 bits per heavy atom. The second kappa shape index (κ2) is 9.09. The fourth-order valence-electron chi connectivity index (χ4n) is 1.85. The minimum atomic E-state index is 0.685. The molecule has 2 rings (SSSR count). The molecule has 0 amide bonds. The van der Waals surface area contributed by atoms with E-state index in [0.717, 1.165) is 31.6 Å². The summed E-state index contributed by atoms with van der Waals surface area (Å²) in [6, 6.07) is 8.52. The van der Waals surface area contributed by atoms with Gasteiger partial charge in [-0.15, -0.1) is 0 Å². The normalized spacial score (nSPS) is 11.8. The van der Waals surface area contributed by atoms with Crippen LogP contribution in [0.3, 0.4) is 0 Å². The molecule has 0 aliphatic rings. The summed E-state index contributed by atoms with van der Waals surface area (Å²) < 4.78 is 1.26. The molecule has 0 saturated heterocycles. The van der Waals surface area contributed by atoms with Crippen LogP contribution in [0.4, 0.5) is 0 Å². The van der Waals surface area contributed by atoms with Crippen molar-refractivity contribution < 1.29 is 0 Å². The molecule has 6 heteroatoms. The number of H-pyrrole nitrogens is 1. The molecule has 0 atom stereocenters. The van der Waals surface area contributed by atoms with Crippen molar-refractivity contribution in [1.29, 1.82) is 0 Å². The van der Waals surface area contributed by atoms with Crippen LogP contribution in [0.2, 0.25) is 0 Å². The van der Waals surface area contributed by atoms with E-state index in [0.29, 0.717) is 5.17 Å². The Kier molecular flexibility index (Phi) is 7.08. The maximum Gasteiger partial charge on any atom is 0.153 e. The number of thioether (sulfide) groups is 1. The van der Waals surface area contributed by atoms with E-state index < -0.39 is 0 Å². The van der Waals surface area contributed by atoms with Crippen molar-refractivity contribution in [2.75, 3.05) is 12.3 Å². The molecule has 0 bridgehead atoms. The van der Waals surface area contributed by atoms with E-state index in [2.05, 4.69) is 61.8 Å². The number of rotatable bonds is 7. The summed E-state index contributed by atoms with van der Waals surface area (Å²) in [7, 11) is 0. The van der Waals surface area contributed by atoms with Crippen molar-refractivity contribution in [3.8, 4) is 0 Å². The lowest BCUT2D eigenvalue weighted by Crippen LogP contribution is -2.09. The Bertz CT molecular complexity index is 552. The predicted molar refractivity (Wildman–Crippen MR) is 98.7 cm³/mol. The number of amidine groups is 1. The number of imidazole rings is 1. The summed E-state index contributed by atoms with van der Waals surface area (Å²) >= 11 is 3.94. The van der Waals surface area contributed by atoms with Crippen LogP contribution in [0.15, 0.2) is 41.8 Å². The first-order valence-electron chi connectivity index (χ1n) is 6.88. The zero-order valence-corrected chi connectivity index (χ0v) is 14.7. The van der Waals surface area contributed by atoms with Gasteiger partial charge in [-0.25, -0.2) is 4.98 Å². The highest BCUT2D eigenvalue weighted by atomic mass is 125. The number of aliphatic imine (C=N–C) groups is 1. The maximum atomic E-state index is 5.91. The topological polar surface area (TPSA) is 67.1 Å². The average Bonchev–Trinajstić information content (AvgIpc) is 2.99. The van der Waals surface area contributed by atoms with Crippen LogP contribution in [0.1, 0.15) is 17.7 Å². The highest BCUT2D eigenvalue weighted by molar-refractivity contribution is 14.1. The third-order valence-corrected chi connectivity index (χ3v) is 4.61. The van der Waals surface area contributed by atoms with Gasteiger partial charge in [0.05, 0.1) is 6.33 Å². The van der Waals surface area contributed by atoms with Crippen LogP contribution in [-0.2, 0) is 12.8 Å². The molecule has 0 aliphatic heterocycles. The van der Waals surface area contributed by atoms with E-state index >= 15 is 0 Å². The third-order valence-electron chi connectivity index (χ3n) is 2.98. The Balaban J connectivity index is 1.61. The number of hydrogen-bond acceptors (Lipinski definition) is 3. The molecule has 0 spiro atoms. The zero-order chi connectivity index (χ0) is 14.9. The molecular formula is C15H19IN4S. The largest absolute Gasteiger partial charge is 0.379 e. The fourth-order valence-corrected chi connectivity index (χ4v) is 2.89. The van der Waals surface area contributed by atoms with Gasteiger partial charge in [0, 0.05) is 27.8 Å². The van der Waals surface area contributed by atoms with Crippen molar-refractivity contribution in [2.45, 2.75) is 19.3 Å². The van der Waals surface area contributed by atoms with Gasteiger partial charge >= 0.3 is 0 Å². The van der Waals surface area contributed by atoms with E-state index in [1.165, 1.54) is 14.8 Å². The van der Waals surface area contributed by atoms with E-state index in [9.17, 15) is 0 Å². The maximum absolute atomic E-state index is 5.91. The smallest absolute Gasteiger partial charge is 0.153 e. The predicted octanol–water partition coefficient (Wildman–Crippen LogP) is 3.24. The number of halogens is 1.